The number of nitrogens with one attached hydrogen (secondary N) is 1. The average molecular weight is 530 g/mol. The van der Waals surface area contributed by atoms with Gasteiger partial charge in [0.2, 0.25) is 0 Å². The predicted octanol–water partition coefficient (Wildman–Crippen LogP) is 6.98. The second kappa shape index (κ2) is 10.1. The number of pyridine rings is 1. The molecule has 0 radical (unpaired) electrons. The molecule has 3 aromatic carbocycles. The smallest absolute Gasteiger partial charge is 0.332 e. The van der Waals surface area contributed by atoms with Crippen molar-refractivity contribution >= 4 is 43.1 Å². The monoisotopic (exact) mass is 529 g/mol. The molecular formula is C30H28FN3O3S. The van der Waals surface area contributed by atoms with E-state index in [-0.39, 0.29) is 10.3 Å². The van der Waals surface area contributed by atoms with Crippen molar-refractivity contribution in [1.82, 2.24) is 9.55 Å². The Labute approximate surface area is 220 Å². The molecule has 2 heterocycles. The number of benzene rings is 3. The molecule has 8 heteroatoms. The van der Waals surface area contributed by atoms with Crippen LogP contribution in [0.2, 0.25) is 0 Å². The minimum absolute atomic E-state index is 0.0944. The molecule has 0 aliphatic carbocycles. The van der Waals surface area contributed by atoms with Crippen molar-refractivity contribution < 1.29 is 12.3 Å². The van der Waals surface area contributed by atoms with E-state index >= 15 is 0 Å². The van der Waals surface area contributed by atoms with E-state index in [2.05, 4.69) is 29.5 Å². The zero-order valence-corrected chi connectivity index (χ0v) is 22.2. The van der Waals surface area contributed by atoms with E-state index in [1.54, 1.807) is 18.2 Å². The van der Waals surface area contributed by atoms with Gasteiger partial charge < -0.3 is 9.55 Å². The van der Waals surface area contributed by atoms with Gasteiger partial charge in [-0.05, 0) is 72.4 Å². The van der Waals surface area contributed by atoms with E-state index in [1.165, 1.54) is 18.2 Å². The SMILES string of the molecule is CCCCc1cc2c(=O)c3c4ccc(C#N)cc4[nH]c3n(CCCC)c2cc1-c1cccc(S(=O)(=O)F)c1. The third-order valence-electron chi connectivity index (χ3n) is 7.12. The summed E-state index contributed by atoms with van der Waals surface area (Å²) in [6.07, 6.45) is 4.36. The van der Waals surface area contributed by atoms with E-state index in [1.807, 2.05) is 18.2 Å². The molecular weight excluding hydrogens is 501 g/mol. The number of nitrogens with zero attached hydrogens (tertiary/aromatic N) is 2. The number of rotatable bonds is 8. The van der Waals surface area contributed by atoms with Gasteiger partial charge in [-0.15, -0.1) is 3.89 Å². The minimum Gasteiger partial charge on any atom is -0.340 e. The van der Waals surface area contributed by atoms with Crippen LogP contribution in [-0.2, 0) is 23.2 Å². The lowest BCUT2D eigenvalue weighted by molar-refractivity contribution is 0.552. The summed E-state index contributed by atoms with van der Waals surface area (Å²) >= 11 is 0. The van der Waals surface area contributed by atoms with Crippen molar-refractivity contribution in [3.05, 3.63) is 75.9 Å². The largest absolute Gasteiger partial charge is 0.340 e. The first-order valence-electron chi connectivity index (χ1n) is 12.9. The van der Waals surface area contributed by atoms with Crippen molar-refractivity contribution in [2.24, 2.45) is 0 Å². The maximum atomic E-state index is 14.0. The fourth-order valence-corrected chi connectivity index (χ4v) is 5.69. The molecule has 5 aromatic rings. The number of aromatic amines is 1. The molecule has 194 valence electrons. The normalized spacial score (nSPS) is 11.9. The summed E-state index contributed by atoms with van der Waals surface area (Å²) in [6.45, 7) is 4.84. The van der Waals surface area contributed by atoms with Gasteiger partial charge in [-0.2, -0.15) is 13.7 Å². The summed E-state index contributed by atoms with van der Waals surface area (Å²) in [6, 6.07) is 17.2. The summed E-state index contributed by atoms with van der Waals surface area (Å²) in [4.78, 5) is 17.0. The maximum Gasteiger partial charge on any atom is 0.332 e. The van der Waals surface area contributed by atoms with Gasteiger partial charge >= 0.3 is 10.2 Å². The van der Waals surface area contributed by atoms with Gasteiger partial charge in [0.1, 0.15) is 5.65 Å². The van der Waals surface area contributed by atoms with Crippen LogP contribution < -0.4 is 5.43 Å². The van der Waals surface area contributed by atoms with E-state index in [0.717, 1.165) is 53.2 Å². The van der Waals surface area contributed by atoms with Crippen LogP contribution in [-0.4, -0.2) is 18.0 Å². The van der Waals surface area contributed by atoms with Crippen molar-refractivity contribution in [2.45, 2.75) is 57.4 Å². The first kappa shape index (κ1) is 25.7. The molecule has 0 aliphatic rings. The molecule has 0 saturated heterocycles. The van der Waals surface area contributed by atoms with Crippen molar-refractivity contribution in [3.8, 4) is 17.2 Å². The molecule has 0 saturated carbocycles. The summed E-state index contributed by atoms with van der Waals surface area (Å²) in [7, 11) is -4.87. The first-order chi connectivity index (χ1) is 18.3. The van der Waals surface area contributed by atoms with Crippen LogP contribution in [0.1, 0.15) is 50.7 Å². The maximum absolute atomic E-state index is 14.0. The third kappa shape index (κ3) is 4.48. The zero-order valence-electron chi connectivity index (χ0n) is 21.3. The lowest BCUT2D eigenvalue weighted by Crippen LogP contribution is -2.12. The second-order valence-electron chi connectivity index (χ2n) is 9.65. The number of hydrogen-bond acceptors (Lipinski definition) is 4. The highest BCUT2D eigenvalue weighted by Crippen LogP contribution is 2.34. The van der Waals surface area contributed by atoms with Crippen LogP contribution in [0.5, 0.6) is 0 Å². The minimum atomic E-state index is -4.87. The Bertz CT molecular complexity index is 1910. The molecule has 0 amide bonds. The number of nitriles is 1. The zero-order chi connectivity index (χ0) is 27.0. The fourth-order valence-electron chi connectivity index (χ4n) is 5.19. The standard InChI is InChI=1S/C30H28FN3O3S/c1-3-5-8-21-16-25-27(17-24(21)20-9-7-10-22(15-20)38(31,36)37)34(13-6-4-2)30-28(29(25)35)23-12-11-19(18-32)14-26(23)33-30/h7,9-12,14-17,33H,3-6,8,13H2,1-2H3. The first-order valence-corrected chi connectivity index (χ1v) is 14.2. The highest BCUT2D eigenvalue weighted by Gasteiger charge is 2.20. The van der Waals surface area contributed by atoms with Gasteiger partial charge in [0, 0.05) is 22.8 Å². The van der Waals surface area contributed by atoms with E-state index in [9.17, 15) is 22.4 Å². The van der Waals surface area contributed by atoms with Gasteiger partial charge in [0.15, 0.2) is 5.43 Å². The third-order valence-corrected chi connectivity index (χ3v) is 7.94. The Morgan fingerprint density at radius 2 is 1.79 bits per heavy atom. The van der Waals surface area contributed by atoms with Crippen molar-refractivity contribution in [2.75, 3.05) is 0 Å². The summed E-state index contributed by atoms with van der Waals surface area (Å²) in [5.41, 5.74) is 4.84. The van der Waals surface area contributed by atoms with Crippen LogP contribution in [0.15, 0.2) is 64.3 Å². The molecule has 0 spiro atoms. The predicted molar refractivity (Wildman–Crippen MR) is 150 cm³/mol. The molecule has 0 fully saturated rings. The number of fused-ring (bicyclic) bond motifs is 4. The molecule has 0 unspecified atom stereocenters. The highest BCUT2D eigenvalue weighted by molar-refractivity contribution is 7.86. The topological polar surface area (TPSA) is 95.7 Å². The Balaban J connectivity index is 1.89. The fraction of sp³-hybridized carbons (Fsp3) is 0.267. The number of halogens is 1. The molecule has 0 atom stereocenters. The van der Waals surface area contributed by atoms with Crippen LogP contribution in [0.25, 0.3) is 44.0 Å². The van der Waals surface area contributed by atoms with Crippen LogP contribution in [0.3, 0.4) is 0 Å². The van der Waals surface area contributed by atoms with Crippen LogP contribution >= 0.6 is 0 Å². The summed E-state index contributed by atoms with van der Waals surface area (Å²) < 4.78 is 39.3. The number of unbranched alkanes of at least 4 members (excludes halogenated alkanes) is 2. The van der Waals surface area contributed by atoms with Gasteiger partial charge in [-0.25, -0.2) is 0 Å². The molecule has 0 aliphatic heterocycles. The van der Waals surface area contributed by atoms with Gasteiger partial charge in [0.05, 0.1) is 27.4 Å². The lowest BCUT2D eigenvalue weighted by Gasteiger charge is -2.17. The average Bonchev–Trinajstić information content (AvgIpc) is 3.30. The molecule has 1 N–H and O–H groups in total. The quantitative estimate of drug-likeness (QED) is 0.219. The van der Waals surface area contributed by atoms with Gasteiger partial charge in [0.25, 0.3) is 0 Å². The number of aromatic nitrogens is 2. The van der Waals surface area contributed by atoms with E-state index in [0.29, 0.717) is 40.5 Å². The number of hydrogen-bond donors (Lipinski definition) is 1. The van der Waals surface area contributed by atoms with E-state index < -0.39 is 10.2 Å². The van der Waals surface area contributed by atoms with Crippen molar-refractivity contribution in [3.63, 3.8) is 0 Å². The Hall–Kier alpha value is -3.96. The Morgan fingerprint density at radius 1 is 1.00 bits per heavy atom. The number of aryl methyl sites for hydroxylation is 2. The van der Waals surface area contributed by atoms with Crippen LogP contribution in [0.4, 0.5) is 3.89 Å². The van der Waals surface area contributed by atoms with E-state index in [4.69, 9.17) is 0 Å². The van der Waals surface area contributed by atoms with Crippen molar-refractivity contribution in [1.29, 1.82) is 5.26 Å². The summed E-state index contributed by atoms with van der Waals surface area (Å²) in [5.74, 6) is 0. The molecule has 5 rings (SSSR count). The molecule has 38 heavy (non-hydrogen) atoms. The molecule has 2 aromatic heterocycles. The second-order valence-corrected chi connectivity index (χ2v) is 11.0. The molecule has 0 bridgehead atoms. The number of H-pyrrole nitrogens is 1. The Kier molecular flexibility index (Phi) is 6.80. The lowest BCUT2D eigenvalue weighted by atomic mass is 9.93. The van der Waals surface area contributed by atoms with Gasteiger partial charge in [-0.3, -0.25) is 4.79 Å². The Morgan fingerprint density at radius 3 is 2.50 bits per heavy atom. The van der Waals surface area contributed by atoms with Gasteiger partial charge in [-0.1, -0.05) is 44.9 Å². The summed E-state index contributed by atoms with van der Waals surface area (Å²) in [5, 5.41) is 11.3. The highest BCUT2D eigenvalue weighted by atomic mass is 32.3. The van der Waals surface area contributed by atoms with Crippen LogP contribution in [0, 0.1) is 11.3 Å². The molecule has 6 nitrogen and oxygen atoms in total.